The number of methoxy groups -OCH3 is 2. The van der Waals surface area contributed by atoms with Crippen LogP contribution < -0.4 is 14.8 Å². The van der Waals surface area contributed by atoms with Crippen LogP contribution in [0.5, 0.6) is 11.5 Å². The van der Waals surface area contributed by atoms with Crippen LogP contribution in [0.1, 0.15) is 10.4 Å². The minimum atomic E-state index is -3.48. The lowest BCUT2D eigenvalue weighted by molar-refractivity contribution is -0.385. The van der Waals surface area contributed by atoms with Gasteiger partial charge < -0.3 is 14.8 Å². The summed E-state index contributed by atoms with van der Waals surface area (Å²) < 4.78 is 33.3. The molecule has 0 aliphatic rings. The van der Waals surface area contributed by atoms with Crippen molar-refractivity contribution in [3.8, 4) is 22.8 Å². The van der Waals surface area contributed by atoms with E-state index in [-0.39, 0.29) is 22.1 Å². The number of amides is 1. The number of ether oxygens (including phenoxy) is 2. The number of rotatable bonds is 7. The van der Waals surface area contributed by atoms with Crippen LogP contribution in [-0.2, 0) is 9.84 Å². The fourth-order valence-electron chi connectivity index (χ4n) is 2.83. The SMILES string of the molecule is COc1cc(C(=O)Nc2cccc(-c3ccc(S(C)(=O)=O)nn3)c2)c([N+](=O)[O-])cc1OC. The summed E-state index contributed by atoms with van der Waals surface area (Å²) >= 11 is 0. The predicted octanol–water partition coefficient (Wildman–Crippen LogP) is 2.72. The van der Waals surface area contributed by atoms with Gasteiger partial charge in [-0.15, -0.1) is 10.2 Å². The van der Waals surface area contributed by atoms with Gasteiger partial charge in [-0.2, -0.15) is 0 Å². The number of carbonyl (C=O) groups excluding carboxylic acids is 1. The van der Waals surface area contributed by atoms with Crippen LogP contribution in [-0.4, -0.2) is 49.9 Å². The molecule has 0 saturated carbocycles. The summed E-state index contributed by atoms with van der Waals surface area (Å²) in [6.45, 7) is 0. The van der Waals surface area contributed by atoms with Crippen molar-refractivity contribution in [1.29, 1.82) is 0 Å². The Morgan fingerprint density at radius 3 is 2.28 bits per heavy atom. The monoisotopic (exact) mass is 458 g/mol. The number of hydrogen-bond acceptors (Lipinski definition) is 9. The molecule has 1 N–H and O–H groups in total. The molecule has 0 aliphatic heterocycles. The molecule has 1 aromatic heterocycles. The Morgan fingerprint density at radius 2 is 1.72 bits per heavy atom. The van der Waals surface area contributed by atoms with Crippen LogP contribution in [0.4, 0.5) is 11.4 Å². The summed E-state index contributed by atoms with van der Waals surface area (Å²) in [5, 5.41) is 21.5. The molecule has 1 heterocycles. The number of carbonyl (C=O) groups is 1. The first-order valence-corrected chi connectivity index (χ1v) is 10.9. The number of sulfone groups is 1. The Labute approximate surface area is 183 Å². The quantitative estimate of drug-likeness (QED) is 0.416. The smallest absolute Gasteiger partial charge is 0.286 e. The summed E-state index contributed by atoms with van der Waals surface area (Å²) in [5.74, 6) is -0.444. The first-order chi connectivity index (χ1) is 15.1. The van der Waals surface area contributed by atoms with E-state index >= 15 is 0 Å². The van der Waals surface area contributed by atoms with Crippen molar-refractivity contribution in [2.75, 3.05) is 25.8 Å². The lowest BCUT2D eigenvalue weighted by Gasteiger charge is -2.11. The maximum absolute atomic E-state index is 12.8. The minimum absolute atomic E-state index is 0.119. The third kappa shape index (κ3) is 4.81. The molecule has 12 heteroatoms. The van der Waals surface area contributed by atoms with Gasteiger partial charge >= 0.3 is 0 Å². The number of nitrogens with one attached hydrogen (secondary N) is 1. The number of anilines is 1. The standard InChI is InChI=1S/C20H18N4O7S/c1-30-17-10-14(16(24(26)27)11-18(17)31-2)20(25)21-13-6-4-5-12(9-13)15-7-8-19(23-22-15)32(3,28)29/h4-11H,1-3H3,(H,21,25). The van der Waals surface area contributed by atoms with Gasteiger partial charge in [0.15, 0.2) is 26.4 Å². The number of nitro benzene ring substituents is 1. The molecule has 1 amide bonds. The van der Waals surface area contributed by atoms with E-state index < -0.39 is 26.4 Å². The van der Waals surface area contributed by atoms with E-state index in [9.17, 15) is 23.3 Å². The molecule has 166 valence electrons. The lowest BCUT2D eigenvalue weighted by atomic mass is 10.1. The number of nitrogens with zero attached hydrogens (tertiary/aromatic N) is 3. The van der Waals surface area contributed by atoms with Gasteiger partial charge in [-0.05, 0) is 24.3 Å². The second-order valence-corrected chi connectivity index (χ2v) is 8.51. The van der Waals surface area contributed by atoms with Gasteiger partial charge in [-0.1, -0.05) is 12.1 Å². The van der Waals surface area contributed by atoms with Crippen LogP contribution >= 0.6 is 0 Å². The zero-order valence-corrected chi connectivity index (χ0v) is 18.0. The van der Waals surface area contributed by atoms with E-state index in [2.05, 4.69) is 15.5 Å². The van der Waals surface area contributed by atoms with Crippen molar-refractivity contribution in [3.05, 3.63) is 64.2 Å². The largest absolute Gasteiger partial charge is 0.493 e. The van der Waals surface area contributed by atoms with Crippen LogP contribution in [0.2, 0.25) is 0 Å². The van der Waals surface area contributed by atoms with Crippen molar-refractivity contribution in [1.82, 2.24) is 10.2 Å². The topological polar surface area (TPSA) is 151 Å². The fourth-order valence-corrected chi connectivity index (χ4v) is 3.33. The first kappa shape index (κ1) is 22.6. The van der Waals surface area contributed by atoms with E-state index in [0.717, 1.165) is 12.3 Å². The Morgan fingerprint density at radius 1 is 1.03 bits per heavy atom. The maximum Gasteiger partial charge on any atom is 0.286 e. The number of benzene rings is 2. The molecular weight excluding hydrogens is 440 g/mol. The highest BCUT2D eigenvalue weighted by Crippen LogP contribution is 2.35. The highest BCUT2D eigenvalue weighted by Gasteiger charge is 2.24. The molecule has 0 fully saturated rings. The average Bonchev–Trinajstić information content (AvgIpc) is 2.77. The van der Waals surface area contributed by atoms with E-state index in [4.69, 9.17) is 9.47 Å². The van der Waals surface area contributed by atoms with Crippen LogP contribution in [0.3, 0.4) is 0 Å². The molecule has 0 aliphatic carbocycles. The molecule has 0 saturated heterocycles. The first-order valence-electron chi connectivity index (χ1n) is 9.00. The Hall–Kier alpha value is -4.06. The highest BCUT2D eigenvalue weighted by atomic mass is 32.2. The Balaban J connectivity index is 1.92. The predicted molar refractivity (Wildman–Crippen MR) is 115 cm³/mol. The molecule has 2 aromatic carbocycles. The van der Waals surface area contributed by atoms with Crippen LogP contribution in [0, 0.1) is 10.1 Å². The number of hydrogen-bond donors (Lipinski definition) is 1. The highest BCUT2D eigenvalue weighted by molar-refractivity contribution is 7.90. The second kappa shape index (κ2) is 8.98. The molecule has 32 heavy (non-hydrogen) atoms. The third-order valence-electron chi connectivity index (χ3n) is 4.38. The summed E-state index contributed by atoms with van der Waals surface area (Å²) in [6.07, 6.45) is 1.03. The molecule has 0 atom stereocenters. The molecule has 3 aromatic rings. The third-order valence-corrected chi connectivity index (χ3v) is 5.36. The van der Waals surface area contributed by atoms with Gasteiger partial charge in [-0.25, -0.2) is 8.42 Å². The van der Waals surface area contributed by atoms with Crippen LogP contribution in [0.25, 0.3) is 11.3 Å². The van der Waals surface area contributed by atoms with Crippen molar-refractivity contribution in [2.24, 2.45) is 0 Å². The maximum atomic E-state index is 12.8. The van der Waals surface area contributed by atoms with Crippen molar-refractivity contribution < 1.29 is 27.6 Å². The van der Waals surface area contributed by atoms with Crippen LogP contribution in [0.15, 0.2) is 53.6 Å². The van der Waals surface area contributed by atoms with E-state index in [1.165, 1.54) is 32.4 Å². The van der Waals surface area contributed by atoms with Gasteiger partial charge in [0.1, 0.15) is 5.56 Å². The Bertz CT molecular complexity index is 1290. The second-order valence-electron chi connectivity index (χ2n) is 6.55. The fraction of sp³-hybridized carbons (Fsp3) is 0.150. The molecule has 0 bridgehead atoms. The summed E-state index contributed by atoms with van der Waals surface area (Å²) in [7, 11) is -0.800. The summed E-state index contributed by atoms with van der Waals surface area (Å²) in [5.41, 5.74) is 0.613. The minimum Gasteiger partial charge on any atom is -0.493 e. The molecule has 3 rings (SSSR count). The van der Waals surface area contributed by atoms with Gasteiger partial charge in [0.05, 0.1) is 30.9 Å². The van der Waals surface area contributed by atoms with Crippen molar-refractivity contribution in [3.63, 3.8) is 0 Å². The van der Waals surface area contributed by atoms with E-state index in [1.807, 2.05) is 0 Å². The van der Waals surface area contributed by atoms with Crippen molar-refractivity contribution >= 4 is 27.1 Å². The zero-order valence-electron chi connectivity index (χ0n) is 17.2. The molecular formula is C20H18N4O7S. The summed E-state index contributed by atoms with van der Waals surface area (Å²) in [4.78, 5) is 23.6. The molecule has 11 nitrogen and oxygen atoms in total. The van der Waals surface area contributed by atoms with Gasteiger partial charge in [-0.3, -0.25) is 14.9 Å². The molecule has 0 unspecified atom stereocenters. The number of nitro groups is 1. The molecule has 0 radical (unpaired) electrons. The lowest BCUT2D eigenvalue weighted by Crippen LogP contribution is -2.14. The van der Waals surface area contributed by atoms with Crippen molar-refractivity contribution in [2.45, 2.75) is 5.03 Å². The van der Waals surface area contributed by atoms with E-state index in [0.29, 0.717) is 16.9 Å². The summed E-state index contributed by atoms with van der Waals surface area (Å²) in [6, 6.07) is 11.7. The normalized spacial score (nSPS) is 11.0. The molecule has 0 spiro atoms. The average molecular weight is 458 g/mol. The zero-order chi connectivity index (χ0) is 23.5. The number of aromatic nitrogens is 2. The van der Waals surface area contributed by atoms with Gasteiger partial charge in [0, 0.05) is 23.6 Å². The van der Waals surface area contributed by atoms with Gasteiger partial charge in [0.2, 0.25) is 0 Å². The van der Waals surface area contributed by atoms with E-state index in [1.54, 1.807) is 24.3 Å². The Kier molecular flexibility index (Phi) is 6.35. The van der Waals surface area contributed by atoms with Gasteiger partial charge in [0.25, 0.3) is 11.6 Å².